The number of nitrogens with zero attached hydrogens (tertiary/aromatic N) is 2. The Bertz CT molecular complexity index is 669. The van der Waals surface area contributed by atoms with Crippen molar-refractivity contribution < 1.29 is 9.47 Å². The molecule has 0 bridgehead atoms. The molecular weight excluding hydrogens is 288 g/mol. The van der Waals surface area contributed by atoms with Crippen LogP contribution in [0.2, 0.25) is 0 Å². The second-order valence-electron chi connectivity index (χ2n) is 5.51. The predicted octanol–water partition coefficient (Wildman–Crippen LogP) is 3.21. The highest BCUT2D eigenvalue weighted by atomic mass is 35.5. The molecule has 0 unspecified atom stereocenters. The zero-order valence-corrected chi connectivity index (χ0v) is 12.5. The summed E-state index contributed by atoms with van der Waals surface area (Å²) in [5.41, 5.74) is 0. The summed E-state index contributed by atoms with van der Waals surface area (Å²) >= 11 is 6.20. The molecule has 1 fully saturated rings. The van der Waals surface area contributed by atoms with Gasteiger partial charge in [-0.25, -0.2) is 4.98 Å². The van der Waals surface area contributed by atoms with Crippen molar-refractivity contribution in [2.24, 2.45) is 0 Å². The van der Waals surface area contributed by atoms with Crippen molar-refractivity contribution in [1.82, 2.24) is 4.98 Å². The minimum atomic E-state index is 0.292. The molecule has 1 saturated heterocycles. The Hall–Kier alpha value is -1.68. The second-order valence-corrected chi connectivity index (χ2v) is 6.13. The van der Waals surface area contributed by atoms with E-state index in [0.29, 0.717) is 18.6 Å². The Morgan fingerprint density at radius 2 is 1.81 bits per heavy atom. The number of piperidine rings is 1. The van der Waals surface area contributed by atoms with Crippen molar-refractivity contribution in [3.05, 3.63) is 24.4 Å². The van der Waals surface area contributed by atoms with Crippen LogP contribution in [0.15, 0.2) is 24.4 Å². The molecule has 110 valence electrons. The maximum atomic E-state index is 6.20. The summed E-state index contributed by atoms with van der Waals surface area (Å²) in [6, 6.07) is 6.12. The van der Waals surface area contributed by atoms with E-state index >= 15 is 0 Å². The van der Waals surface area contributed by atoms with Crippen LogP contribution in [0.4, 0.5) is 5.82 Å². The number of fused-ring (bicyclic) bond motifs is 2. The van der Waals surface area contributed by atoms with Gasteiger partial charge in [0.05, 0.1) is 0 Å². The van der Waals surface area contributed by atoms with Gasteiger partial charge in [-0.1, -0.05) is 0 Å². The summed E-state index contributed by atoms with van der Waals surface area (Å²) in [5.74, 6) is 2.66. The highest BCUT2D eigenvalue weighted by molar-refractivity contribution is 6.20. The number of hydrogen-bond acceptors (Lipinski definition) is 4. The first kappa shape index (κ1) is 13.0. The van der Waals surface area contributed by atoms with Crippen molar-refractivity contribution in [2.75, 3.05) is 31.2 Å². The third-order valence-corrected chi connectivity index (χ3v) is 4.57. The SMILES string of the molecule is ClC1CCN(c2nccc3cc4c(cc23)OCCO4)CC1. The highest BCUT2D eigenvalue weighted by Gasteiger charge is 2.21. The molecule has 0 N–H and O–H groups in total. The highest BCUT2D eigenvalue weighted by Crippen LogP contribution is 2.38. The van der Waals surface area contributed by atoms with Gasteiger partial charge in [-0.2, -0.15) is 0 Å². The Balaban J connectivity index is 1.78. The molecule has 2 aliphatic heterocycles. The van der Waals surface area contributed by atoms with E-state index in [9.17, 15) is 0 Å². The van der Waals surface area contributed by atoms with E-state index in [1.54, 1.807) is 0 Å². The lowest BCUT2D eigenvalue weighted by Gasteiger charge is -2.31. The first-order valence-corrected chi connectivity index (χ1v) is 7.82. The number of ether oxygens (including phenoxy) is 2. The van der Waals surface area contributed by atoms with Crippen molar-refractivity contribution in [3.8, 4) is 11.5 Å². The van der Waals surface area contributed by atoms with Crippen LogP contribution in [0, 0.1) is 0 Å². The smallest absolute Gasteiger partial charge is 0.162 e. The molecule has 0 saturated carbocycles. The molecule has 3 heterocycles. The number of halogens is 1. The molecule has 0 spiro atoms. The van der Waals surface area contributed by atoms with Gasteiger partial charge in [0.1, 0.15) is 19.0 Å². The Morgan fingerprint density at radius 1 is 1.10 bits per heavy atom. The topological polar surface area (TPSA) is 34.6 Å². The summed E-state index contributed by atoms with van der Waals surface area (Å²) in [6.45, 7) is 3.12. The third-order valence-electron chi connectivity index (χ3n) is 4.13. The van der Waals surface area contributed by atoms with Gasteiger partial charge in [-0.05, 0) is 36.4 Å². The summed E-state index contributed by atoms with van der Waals surface area (Å²) < 4.78 is 11.4. The molecule has 0 radical (unpaired) electrons. The lowest BCUT2D eigenvalue weighted by Crippen LogP contribution is -2.34. The van der Waals surface area contributed by atoms with Gasteiger partial charge < -0.3 is 14.4 Å². The molecule has 2 aromatic rings. The van der Waals surface area contributed by atoms with Crippen molar-refractivity contribution in [3.63, 3.8) is 0 Å². The molecule has 1 aromatic carbocycles. The maximum Gasteiger partial charge on any atom is 0.162 e. The monoisotopic (exact) mass is 304 g/mol. The normalized spacial score (nSPS) is 19.0. The number of anilines is 1. The number of rotatable bonds is 1. The van der Waals surface area contributed by atoms with Crippen molar-refractivity contribution >= 4 is 28.2 Å². The number of aromatic nitrogens is 1. The number of hydrogen-bond donors (Lipinski definition) is 0. The van der Waals surface area contributed by atoms with Crippen LogP contribution in [0.5, 0.6) is 11.5 Å². The van der Waals surface area contributed by atoms with E-state index in [1.807, 2.05) is 18.3 Å². The van der Waals surface area contributed by atoms with Gasteiger partial charge in [0.25, 0.3) is 0 Å². The standard InChI is InChI=1S/C16H17ClN2O2/c17-12-2-5-19(6-3-12)16-13-10-15-14(20-7-8-21-15)9-11(13)1-4-18-16/h1,4,9-10,12H,2-3,5-8H2. The van der Waals surface area contributed by atoms with Crippen LogP contribution in [-0.4, -0.2) is 36.7 Å². The summed E-state index contributed by atoms with van der Waals surface area (Å²) in [7, 11) is 0. The van der Waals surface area contributed by atoms with Crippen molar-refractivity contribution in [1.29, 1.82) is 0 Å². The quantitative estimate of drug-likeness (QED) is 0.758. The van der Waals surface area contributed by atoms with Gasteiger partial charge in [0.15, 0.2) is 11.5 Å². The molecule has 5 heteroatoms. The van der Waals surface area contributed by atoms with E-state index in [4.69, 9.17) is 21.1 Å². The van der Waals surface area contributed by atoms with Crippen LogP contribution >= 0.6 is 11.6 Å². The van der Waals surface area contributed by atoms with Crippen LogP contribution in [0.3, 0.4) is 0 Å². The minimum absolute atomic E-state index is 0.292. The first-order valence-electron chi connectivity index (χ1n) is 7.38. The summed E-state index contributed by atoms with van der Waals surface area (Å²) in [6.07, 6.45) is 3.87. The predicted molar refractivity (Wildman–Crippen MR) is 83.8 cm³/mol. The van der Waals surface area contributed by atoms with Gasteiger partial charge >= 0.3 is 0 Å². The Labute approximate surface area is 128 Å². The molecule has 1 aromatic heterocycles. The largest absolute Gasteiger partial charge is 0.486 e. The van der Waals surface area contributed by atoms with Crippen LogP contribution in [0.1, 0.15) is 12.8 Å². The molecule has 21 heavy (non-hydrogen) atoms. The fourth-order valence-corrected chi connectivity index (χ4v) is 3.20. The second kappa shape index (κ2) is 5.26. The lowest BCUT2D eigenvalue weighted by molar-refractivity contribution is 0.172. The number of alkyl halides is 1. The molecule has 0 aliphatic carbocycles. The molecule has 0 atom stereocenters. The van der Waals surface area contributed by atoms with Gasteiger partial charge in [0, 0.05) is 30.0 Å². The average Bonchev–Trinajstić information content (AvgIpc) is 2.53. The van der Waals surface area contributed by atoms with E-state index in [0.717, 1.165) is 54.0 Å². The van der Waals surface area contributed by atoms with Crippen LogP contribution < -0.4 is 14.4 Å². The maximum absolute atomic E-state index is 6.20. The number of pyridine rings is 1. The van der Waals surface area contributed by atoms with E-state index in [2.05, 4.69) is 16.0 Å². The Morgan fingerprint density at radius 3 is 2.57 bits per heavy atom. The molecule has 4 rings (SSSR count). The fourth-order valence-electron chi connectivity index (χ4n) is 3.01. The fraction of sp³-hybridized carbons (Fsp3) is 0.438. The third kappa shape index (κ3) is 2.38. The Kier molecular flexibility index (Phi) is 3.26. The van der Waals surface area contributed by atoms with E-state index in [-0.39, 0.29) is 0 Å². The van der Waals surface area contributed by atoms with E-state index in [1.165, 1.54) is 0 Å². The number of benzene rings is 1. The zero-order chi connectivity index (χ0) is 14.2. The minimum Gasteiger partial charge on any atom is -0.486 e. The summed E-state index contributed by atoms with van der Waals surface area (Å²) in [5, 5.41) is 2.55. The van der Waals surface area contributed by atoms with Gasteiger partial charge in [-0.3, -0.25) is 0 Å². The molecular formula is C16H17ClN2O2. The molecule has 2 aliphatic rings. The van der Waals surface area contributed by atoms with E-state index < -0.39 is 0 Å². The van der Waals surface area contributed by atoms with Crippen molar-refractivity contribution in [2.45, 2.75) is 18.2 Å². The average molecular weight is 305 g/mol. The summed E-state index contributed by atoms with van der Waals surface area (Å²) in [4.78, 5) is 6.91. The lowest BCUT2D eigenvalue weighted by atomic mass is 10.1. The van der Waals surface area contributed by atoms with Crippen LogP contribution in [-0.2, 0) is 0 Å². The van der Waals surface area contributed by atoms with Gasteiger partial charge in [0.2, 0.25) is 0 Å². The molecule has 4 nitrogen and oxygen atoms in total. The van der Waals surface area contributed by atoms with Gasteiger partial charge in [-0.15, -0.1) is 11.6 Å². The molecule has 0 amide bonds. The zero-order valence-electron chi connectivity index (χ0n) is 11.7. The van der Waals surface area contributed by atoms with Crippen LogP contribution in [0.25, 0.3) is 10.8 Å². The first-order chi connectivity index (χ1) is 10.3.